The number of nitrogens with zero attached hydrogens (tertiary/aromatic N) is 2. The monoisotopic (exact) mass is 262 g/mol. The molecule has 4 heteroatoms. The quantitative estimate of drug-likeness (QED) is 0.723. The van der Waals surface area contributed by atoms with Crippen LogP contribution in [-0.2, 0) is 0 Å². The highest BCUT2D eigenvalue weighted by Crippen LogP contribution is 2.46. The average Bonchev–Trinajstić information content (AvgIpc) is 2.44. The Morgan fingerprint density at radius 1 is 0.889 bits per heavy atom. The lowest BCUT2D eigenvalue weighted by atomic mass is 9.75. The molecule has 3 nitrogen and oxygen atoms in total. The smallest absolute Gasteiger partial charge is 0.196 e. The van der Waals surface area contributed by atoms with E-state index in [1.165, 1.54) is 12.8 Å². The first-order valence-corrected chi connectivity index (χ1v) is 8.04. The fourth-order valence-electron chi connectivity index (χ4n) is 4.02. The van der Waals surface area contributed by atoms with Crippen molar-refractivity contribution in [3.8, 4) is 12.1 Å². The van der Waals surface area contributed by atoms with Gasteiger partial charge in [0.05, 0.1) is 10.5 Å². The van der Waals surface area contributed by atoms with E-state index in [0.717, 1.165) is 38.5 Å². The number of rotatable bonds is 0. The van der Waals surface area contributed by atoms with Crippen LogP contribution in [0.25, 0.3) is 0 Å². The van der Waals surface area contributed by atoms with E-state index in [1.807, 2.05) is 11.8 Å². The highest BCUT2D eigenvalue weighted by atomic mass is 32.2. The van der Waals surface area contributed by atoms with Crippen molar-refractivity contribution in [2.45, 2.75) is 72.9 Å². The van der Waals surface area contributed by atoms with Crippen LogP contribution in [0.4, 0.5) is 0 Å². The molecule has 96 valence electrons. The number of quaternary nitrogens is 1. The van der Waals surface area contributed by atoms with Crippen molar-refractivity contribution in [1.29, 1.82) is 10.5 Å². The number of nitriles is 2. The summed E-state index contributed by atoms with van der Waals surface area (Å²) in [5, 5.41) is 22.4. The highest BCUT2D eigenvalue weighted by molar-refractivity contribution is 8.00. The molecule has 0 aromatic heterocycles. The summed E-state index contributed by atoms with van der Waals surface area (Å²) in [5.74, 6) is 0. The first-order valence-electron chi connectivity index (χ1n) is 7.10. The van der Waals surface area contributed by atoms with E-state index in [1.54, 1.807) is 0 Å². The van der Waals surface area contributed by atoms with Crippen LogP contribution >= 0.6 is 11.8 Å². The van der Waals surface area contributed by atoms with Crippen molar-refractivity contribution >= 4 is 11.8 Å². The van der Waals surface area contributed by atoms with Crippen molar-refractivity contribution in [1.82, 2.24) is 0 Å². The summed E-state index contributed by atoms with van der Waals surface area (Å²) in [5.41, 5.74) is -0.626. The van der Waals surface area contributed by atoms with Gasteiger partial charge in [0.15, 0.2) is 11.1 Å². The number of nitrogens with two attached hydrogens (primary N) is 1. The lowest BCUT2D eigenvalue weighted by Crippen LogP contribution is -3.11. The summed E-state index contributed by atoms with van der Waals surface area (Å²) >= 11 is 1.97. The normalized spacial score (nSPS) is 47.2. The van der Waals surface area contributed by atoms with Crippen LogP contribution in [-0.4, -0.2) is 21.6 Å². The highest BCUT2D eigenvalue weighted by Gasteiger charge is 2.60. The molecule has 1 saturated heterocycles. The molecule has 1 heterocycles. The van der Waals surface area contributed by atoms with Crippen molar-refractivity contribution in [2.75, 3.05) is 0 Å². The number of thioether (sulfide) groups is 1. The molecule has 0 radical (unpaired) electrons. The zero-order chi connectivity index (χ0) is 12.6. The Morgan fingerprint density at radius 2 is 1.39 bits per heavy atom. The fraction of sp³-hybridized carbons (Fsp3) is 0.857. The van der Waals surface area contributed by atoms with Crippen molar-refractivity contribution in [3.05, 3.63) is 0 Å². The van der Waals surface area contributed by atoms with Gasteiger partial charge in [-0.15, -0.1) is 11.8 Å². The molecule has 3 rings (SSSR count). The molecule has 3 fully saturated rings. The van der Waals surface area contributed by atoms with Gasteiger partial charge >= 0.3 is 0 Å². The minimum atomic E-state index is -0.313. The van der Waals surface area contributed by atoms with E-state index in [0.29, 0.717) is 10.5 Å². The van der Waals surface area contributed by atoms with Gasteiger partial charge in [0.1, 0.15) is 12.1 Å². The van der Waals surface area contributed by atoms with Crippen LogP contribution in [0.1, 0.15) is 51.4 Å². The molecule has 2 aliphatic carbocycles. The molecule has 0 unspecified atom stereocenters. The molecule has 18 heavy (non-hydrogen) atoms. The van der Waals surface area contributed by atoms with Crippen LogP contribution in [0.3, 0.4) is 0 Å². The van der Waals surface area contributed by atoms with E-state index < -0.39 is 0 Å². The standard InChI is InChI=1S/C14H19N3S/c15-9-13-7-3-1-5-11(13)18-12-6-2-4-8-14(12,10-16)17-13/h11-12,17H,1-8H2/p+1/t11-,12-,13-,14+/m1/s1. The van der Waals surface area contributed by atoms with Gasteiger partial charge in [-0.2, -0.15) is 10.5 Å². The Morgan fingerprint density at radius 3 is 1.83 bits per heavy atom. The largest absolute Gasteiger partial charge is 0.311 e. The van der Waals surface area contributed by atoms with E-state index in [-0.39, 0.29) is 11.1 Å². The van der Waals surface area contributed by atoms with Gasteiger partial charge in [-0.05, 0) is 25.7 Å². The predicted molar refractivity (Wildman–Crippen MR) is 70.7 cm³/mol. The number of hydrogen-bond acceptors (Lipinski definition) is 3. The third kappa shape index (κ3) is 1.67. The molecule has 2 N–H and O–H groups in total. The summed E-state index contributed by atoms with van der Waals surface area (Å²) in [6, 6.07) is 5.17. The van der Waals surface area contributed by atoms with Gasteiger partial charge in [0, 0.05) is 12.8 Å². The third-order valence-corrected chi connectivity index (χ3v) is 6.99. The third-order valence-electron chi connectivity index (χ3n) is 5.02. The molecule has 3 aliphatic rings. The maximum atomic E-state index is 9.67. The predicted octanol–water partition coefficient (Wildman–Crippen LogP) is 1.71. The molecular weight excluding hydrogens is 242 g/mol. The Labute approximate surface area is 113 Å². The Kier molecular flexibility index (Phi) is 3.04. The van der Waals surface area contributed by atoms with E-state index in [9.17, 15) is 10.5 Å². The lowest BCUT2D eigenvalue weighted by Gasteiger charge is -2.51. The van der Waals surface area contributed by atoms with Crippen LogP contribution in [0.15, 0.2) is 0 Å². The maximum Gasteiger partial charge on any atom is 0.196 e. The Bertz CT molecular complexity index is 386. The summed E-state index contributed by atoms with van der Waals surface area (Å²) in [7, 11) is 0. The van der Waals surface area contributed by atoms with E-state index in [2.05, 4.69) is 17.5 Å². The van der Waals surface area contributed by atoms with E-state index >= 15 is 0 Å². The first-order chi connectivity index (χ1) is 8.75. The Hall–Kier alpha value is -0.710. The molecule has 4 atom stereocenters. The van der Waals surface area contributed by atoms with Crippen LogP contribution in [0.2, 0.25) is 0 Å². The lowest BCUT2D eigenvalue weighted by molar-refractivity contribution is -0.771. The number of hydrogen-bond donors (Lipinski definition) is 1. The molecule has 0 amide bonds. The topological polar surface area (TPSA) is 64.2 Å². The molecule has 0 spiro atoms. The molecule has 0 bridgehead atoms. The molecule has 0 aromatic rings. The van der Waals surface area contributed by atoms with Crippen LogP contribution < -0.4 is 5.32 Å². The maximum absolute atomic E-state index is 9.67. The molecule has 1 aliphatic heterocycles. The fourth-order valence-corrected chi connectivity index (χ4v) is 5.98. The molecule has 0 aromatic carbocycles. The van der Waals surface area contributed by atoms with Gasteiger partial charge in [-0.25, -0.2) is 0 Å². The van der Waals surface area contributed by atoms with Gasteiger partial charge in [-0.1, -0.05) is 12.8 Å². The Balaban J connectivity index is 1.95. The van der Waals surface area contributed by atoms with Crippen molar-refractivity contribution in [2.24, 2.45) is 0 Å². The minimum Gasteiger partial charge on any atom is -0.311 e. The van der Waals surface area contributed by atoms with Crippen LogP contribution in [0, 0.1) is 22.7 Å². The van der Waals surface area contributed by atoms with Gasteiger partial charge < -0.3 is 5.32 Å². The summed E-state index contributed by atoms with van der Waals surface area (Å²) in [6.45, 7) is 0. The average molecular weight is 262 g/mol. The second-order valence-electron chi connectivity index (χ2n) is 6.05. The molecule has 2 saturated carbocycles. The first kappa shape index (κ1) is 12.3. The SMILES string of the molecule is N#C[C@@]12CCCC[C@H]1S[C@@H]1CCCC[C@]1(C#N)[NH2+]2. The molecular formula is C14H20N3S+. The second kappa shape index (κ2) is 4.44. The van der Waals surface area contributed by atoms with E-state index in [4.69, 9.17) is 0 Å². The zero-order valence-corrected chi connectivity index (χ0v) is 11.5. The van der Waals surface area contributed by atoms with Gasteiger partial charge in [0.2, 0.25) is 0 Å². The van der Waals surface area contributed by atoms with Crippen molar-refractivity contribution < 1.29 is 5.32 Å². The minimum absolute atomic E-state index is 0.313. The van der Waals surface area contributed by atoms with Gasteiger partial charge in [-0.3, -0.25) is 0 Å². The summed E-state index contributed by atoms with van der Waals surface area (Å²) in [4.78, 5) is 0. The van der Waals surface area contributed by atoms with Crippen LogP contribution in [0.5, 0.6) is 0 Å². The van der Waals surface area contributed by atoms with Gasteiger partial charge in [0.25, 0.3) is 0 Å². The number of fused-ring (bicyclic) bond motifs is 2. The van der Waals surface area contributed by atoms with Crippen molar-refractivity contribution in [3.63, 3.8) is 0 Å². The summed E-state index contributed by atoms with van der Waals surface area (Å²) in [6.07, 6.45) is 9.05. The zero-order valence-electron chi connectivity index (χ0n) is 10.7. The summed E-state index contributed by atoms with van der Waals surface area (Å²) < 4.78 is 0. The second-order valence-corrected chi connectivity index (χ2v) is 7.46.